The molecule has 5 N–H and O–H groups in total. The number of ether oxygens (including phenoxy) is 1. The molecule has 0 aliphatic carbocycles. The van der Waals surface area contributed by atoms with Gasteiger partial charge >= 0.3 is 0 Å². The number of hydrazone groups is 1. The van der Waals surface area contributed by atoms with Crippen molar-refractivity contribution in [2.75, 3.05) is 23.4 Å². The van der Waals surface area contributed by atoms with Crippen LogP contribution in [-0.4, -0.2) is 35.1 Å². The van der Waals surface area contributed by atoms with E-state index in [9.17, 15) is 10.4 Å². The largest absolute Gasteiger partial charge is 0.494 e. The molecule has 0 saturated carbocycles. The van der Waals surface area contributed by atoms with Crippen molar-refractivity contribution in [2.24, 2.45) is 10.8 Å². The highest BCUT2D eigenvalue weighted by Crippen LogP contribution is 2.34. The maximum Gasteiger partial charge on any atom is 0.248 e. The zero-order chi connectivity index (χ0) is 15.6. The van der Waals surface area contributed by atoms with Gasteiger partial charge in [-0.15, -0.1) is 10.3 Å². The molecule has 8 heteroatoms. The van der Waals surface area contributed by atoms with Gasteiger partial charge in [0.25, 0.3) is 0 Å². The summed E-state index contributed by atoms with van der Waals surface area (Å²) in [5.74, 6) is 0.668. The van der Waals surface area contributed by atoms with Gasteiger partial charge in [-0.25, -0.2) is 0 Å². The molecule has 0 atom stereocenters. The lowest BCUT2D eigenvalue weighted by atomic mass is 10.1. The van der Waals surface area contributed by atoms with E-state index in [4.69, 9.17) is 10.5 Å². The van der Waals surface area contributed by atoms with Gasteiger partial charge in [-0.1, -0.05) is 0 Å². The highest BCUT2D eigenvalue weighted by molar-refractivity contribution is 6.00. The van der Waals surface area contributed by atoms with Crippen molar-refractivity contribution >= 4 is 17.3 Å². The van der Waals surface area contributed by atoms with E-state index >= 15 is 0 Å². The Bertz CT molecular complexity index is 541. The average molecular weight is 295 g/mol. The lowest BCUT2D eigenvalue weighted by Crippen LogP contribution is -2.51. The van der Waals surface area contributed by atoms with Crippen LogP contribution in [0, 0.1) is 0 Å². The fourth-order valence-electron chi connectivity index (χ4n) is 1.82. The maximum absolute atomic E-state index is 10.2. The van der Waals surface area contributed by atoms with E-state index in [1.165, 1.54) is 0 Å². The number of rotatable bonds is 4. The summed E-state index contributed by atoms with van der Waals surface area (Å²) in [6.45, 7) is 6.42. The van der Waals surface area contributed by atoms with Crippen molar-refractivity contribution in [2.45, 2.75) is 26.3 Å². The number of nitrogens with zero attached hydrogens (tertiary/aromatic N) is 3. The Labute approximate surface area is 123 Å². The van der Waals surface area contributed by atoms with Crippen LogP contribution < -0.4 is 26.0 Å². The molecule has 0 unspecified atom stereocenters. The Morgan fingerprint density at radius 3 is 2.67 bits per heavy atom. The first-order chi connectivity index (χ1) is 9.81. The maximum atomic E-state index is 10.2. The molecule has 2 rings (SSSR count). The van der Waals surface area contributed by atoms with Crippen LogP contribution in [0.4, 0.5) is 11.4 Å². The summed E-state index contributed by atoms with van der Waals surface area (Å²) >= 11 is 0. The first kappa shape index (κ1) is 15.4. The minimum atomic E-state index is -0.489. The van der Waals surface area contributed by atoms with E-state index in [2.05, 4.69) is 10.4 Å². The van der Waals surface area contributed by atoms with E-state index < -0.39 is 5.54 Å². The molecule has 0 aromatic heterocycles. The summed E-state index contributed by atoms with van der Waals surface area (Å²) in [5.41, 5.74) is 6.09. The van der Waals surface area contributed by atoms with Crippen LogP contribution in [0.3, 0.4) is 0 Å². The number of benzene rings is 1. The first-order valence-electron chi connectivity index (χ1n) is 6.68. The number of nitrogens with one attached hydrogen (secondary N) is 1. The number of nitrogens with two attached hydrogens (primary N) is 1. The number of fused-ring (bicyclic) bond motifs is 1. The first-order valence-corrected chi connectivity index (χ1v) is 6.68. The topological polar surface area (TPSA) is 107 Å². The number of guanidine groups is 1. The highest BCUT2D eigenvalue weighted by atomic mass is 16.5. The molecule has 0 fully saturated rings. The van der Waals surface area contributed by atoms with Gasteiger partial charge in [-0.2, -0.15) is 5.06 Å². The van der Waals surface area contributed by atoms with Crippen molar-refractivity contribution < 1.29 is 15.2 Å². The second-order valence-corrected chi connectivity index (χ2v) is 5.45. The van der Waals surface area contributed by atoms with Crippen LogP contribution in [0.15, 0.2) is 23.3 Å². The van der Waals surface area contributed by atoms with E-state index in [0.29, 0.717) is 35.4 Å². The van der Waals surface area contributed by atoms with Crippen molar-refractivity contribution in [3.8, 4) is 5.75 Å². The number of hydroxylamine groups is 1. The fraction of sp³-hybridized carbons (Fsp3) is 0.462. The second kappa shape index (κ2) is 5.76. The Balaban J connectivity index is 2.24. The summed E-state index contributed by atoms with van der Waals surface area (Å²) in [5, 5.41) is 28.4. The summed E-state index contributed by atoms with van der Waals surface area (Å²) in [7, 11) is 0. The second-order valence-electron chi connectivity index (χ2n) is 5.45. The molecule has 0 radical (unpaired) electrons. The minimum absolute atomic E-state index is 0.0807. The van der Waals surface area contributed by atoms with E-state index in [1.807, 2.05) is 20.8 Å². The van der Waals surface area contributed by atoms with Crippen LogP contribution in [-0.2, 0) is 0 Å². The third-order valence-corrected chi connectivity index (χ3v) is 2.79. The molecule has 21 heavy (non-hydrogen) atoms. The van der Waals surface area contributed by atoms with Crippen LogP contribution in [0.25, 0.3) is 0 Å². The average Bonchev–Trinajstić information content (AvgIpc) is 2.40. The van der Waals surface area contributed by atoms with Crippen molar-refractivity contribution in [3.63, 3.8) is 0 Å². The molecule has 0 spiro atoms. The Hall–Kier alpha value is -2.03. The Morgan fingerprint density at radius 1 is 1.33 bits per heavy atom. The van der Waals surface area contributed by atoms with Crippen LogP contribution >= 0.6 is 0 Å². The third kappa shape index (κ3) is 3.54. The van der Waals surface area contributed by atoms with E-state index in [1.54, 1.807) is 18.2 Å². The molecular weight excluding hydrogens is 274 g/mol. The van der Waals surface area contributed by atoms with Crippen molar-refractivity contribution in [1.82, 2.24) is 5.32 Å². The smallest absolute Gasteiger partial charge is 0.248 e. The standard InChI is InChI=1S/C13H21N5O3/c1-4-21-9-5-6-10-11(7-9)17(19)12(16-18(10)20)15-8-13(2,3)14/h5-7,19-20H,4,8,14H2,1-3H3,(H,15,16). The third-order valence-electron chi connectivity index (χ3n) is 2.79. The zero-order valence-corrected chi connectivity index (χ0v) is 12.4. The SMILES string of the molecule is CCOc1ccc2c(c1)N(O)C(NCC(C)(C)N)=NN2O. The zero-order valence-electron chi connectivity index (χ0n) is 12.4. The summed E-state index contributed by atoms with van der Waals surface area (Å²) < 4.78 is 5.39. The lowest BCUT2D eigenvalue weighted by molar-refractivity contribution is 0.242. The molecule has 116 valence electrons. The summed E-state index contributed by atoms with van der Waals surface area (Å²) in [6.07, 6.45) is 0. The summed E-state index contributed by atoms with van der Waals surface area (Å²) in [6, 6.07) is 4.92. The molecule has 1 aliphatic rings. The summed E-state index contributed by atoms with van der Waals surface area (Å²) in [4.78, 5) is 0. The van der Waals surface area contributed by atoms with Gasteiger partial charge < -0.3 is 15.8 Å². The van der Waals surface area contributed by atoms with Gasteiger partial charge in [0, 0.05) is 18.2 Å². The predicted molar refractivity (Wildman–Crippen MR) is 79.8 cm³/mol. The van der Waals surface area contributed by atoms with Gasteiger partial charge in [0.05, 0.1) is 6.61 Å². The molecular formula is C13H21N5O3. The Kier molecular flexibility index (Phi) is 4.21. The molecule has 8 nitrogen and oxygen atoms in total. The number of hydrogen-bond donors (Lipinski definition) is 4. The minimum Gasteiger partial charge on any atom is -0.494 e. The molecule has 0 amide bonds. The van der Waals surface area contributed by atoms with Crippen LogP contribution in [0.2, 0.25) is 0 Å². The van der Waals surface area contributed by atoms with Crippen LogP contribution in [0.1, 0.15) is 20.8 Å². The molecule has 1 aromatic carbocycles. The highest BCUT2D eigenvalue weighted by Gasteiger charge is 2.26. The fourth-order valence-corrected chi connectivity index (χ4v) is 1.82. The van der Waals surface area contributed by atoms with Crippen molar-refractivity contribution in [1.29, 1.82) is 0 Å². The van der Waals surface area contributed by atoms with E-state index in [-0.39, 0.29) is 5.96 Å². The monoisotopic (exact) mass is 295 g/mol. The molecule has 0 saturated heterocycles. The van der Waals surface area contributed by atoms with Crippen molar-refractivity contribution in [3.05, 3.63) is 18.2 Å². The quantitative estimate of drug-likeness (QED) is 0.658. The molecule has 1 heterocycles. The normalized spacial score (nSPS) is 14.7. The number of hydrogen-bond acceptors (Lipinski definition) is 8. The molecule has 1 aliphatic heterocycles. The van der Waals surface area contributed by atoms with Gasteiger partial charge in [-0.05, 0) is 32.9 Å². The molecule has 0 bridgehead atoms. The van der Waals surface area contributed by atoms with E-state index in [0.717, 1.165) is 5.06 Å². The van der Waals surface area contributed by atoms with Gasteiger partial charge in [0.1, 0.15) is 17.1 Å². The predicted octanol–water partition coefficient (Wildman–Crippen LogP) is 1.09. The van der Waals surface area contributed by atoms with Gasteiger partial charge in [0.15, 0.2) is 0 Å². The molecule has 1 aromatic rings. The van der Waals surface area contributed by atoms with Gasteiger partial charge in [-0.3, -0.25) is 10.4 Å². The number of anilines is 2. The lowest BCUT2D eigenvalue weighted by Gasteiger charge is -2.31. The van der Waals surface area contributed by atoms with Crippen LogP contribution in [0.5, 0.6) is 5.75 Å². The van der Waals surface area contributed by atoms with Gasteiger partial charge in [0.2, 0.25) is 5.96 Å². The Morgan fingerprint density at radius 2 is 2.05 bits per heavy atom.